The highest BCUT2D eigenvalue weighted by molar-refractivity contribution is 5.87. The van der Waals surface area contributed by atoms with E-state index < -0.39 is 5.97 Å². The average Bonchev–Trinajstić information content (AvgIpc) is 2.59. The Morgan fingerprint density at radius 3 is 2.61 bits per heavy atom. The normalized spacial score (nSPS) is 11.9. The molecule has 0 aliphatic carbocycles. The molecule has 0 saturated heterocycles. The highest BCUT2D eigenvalue weighted by Gasteiger charge is 2.06. The molecular formula is C19H23NO3. The second kappa shape index (κ2) is 8.34. The fraction of sp³-hybridized carbons (Fsp3) is 0.316. The van der Waals surface area contributed by atoms with Gasteiger partial charge in [-0.15, -0.1) is 0 Å². The van der Waals surface area contributed by atoms with Gasteiger partial charge in [-0.3, -0.25) is 0 Å². The molecule has 2 rings (SSSR count). The zero-order chi connectivity index (χ0) is 16.7. The van der Waals surface area contributed by atoms with E-state index in [2.05, 4.69) is 24.4 Å². The van der Waals surface area contributed by atoms with Crippen molar-refractivity contribution in [1.29, 1.82) is 0 Å². The standard InChI is InChI=1S/C19H23NO3/c1-14(16-6-8-18(23-2)9-7-16)10-11-20-13-15-4-3-5-17(12-15)19(21)22/h3-9,12,14,20H,10-11,13H2,1-2H3,(H,21,22). The van der Waals surface area contributed by atoms with E-state index in [4.69, 9.17) is 9.84 Å². The summed E-state index contributed by atoms with van der Waals surface area (Å²) in [6, 6.07) is 15.2. The minimum atomic E-state index is -0.889. The number of carboxylic acid groups (broad SMARTS) is 1. The number of hydrogen-bond donors (Lipinski definition) is 2. The van der Waals surface area contributed by atoms with Crippen molar-refractivity contribution in [2.24, 2.45) is 0 Å². The number of rotatable bonds is 8. The minimum Gasteiger partial charge on any atom is -0.497 e. The van der Waals surface area contributed by atoms with Gasteiger partial charge in [0.1, 0.15) is 5.75 Å². The van der Waals surface area contributed by atoms with Gasteiger partial charge in [0, 0.05) is 6.54 Å². The van der Waals surface area contributed by atoms with Crippen LogP contribution in [0.25, 0.3) is 0 Å². The quantitative estimate of drug-likeness (QED) is 0.730. The van der Waals surface area contributed by atoms with Crippen LogP contribution >= 0.6 is 0 Å². The molecule has 0 radical (unpaired) electrons. The van der Waals surface area contributed by atoms with Gasteiger partial charge in [0.2, 0.25) is 0 Å². The van der Waals surface area contributed by atoms with Gasteiger partial charge in [-0.05, 0) is 54.3 Å². The van der Waals surface area contributed by atoms with Crippen LogP contribution in [-0.2, 0) is 6.54 Å². The third-order valence-corrected chi connectivity index (χ3v) is 3.94. The molecule has 0 heterocycles. The lowest BCUT2D eigenvalue weighted by atomic mass is 9.98. The van der Waals surface area contributed by atoms with Crippen molar-refractivity contribution < 1.29 is 14.6 Å². The van der Waals surface area contributed by atoms with Crippen LogP contribution < -0.4 is 10.1 Å². The summed E-state index contributed by atoms with van der Waals surface area (Å²) in [5.74, 6) is 0.441. The largest absolute Gasteiger partial charge is 0.497 e. The van der Waals surface area contributed by atoms with E-state index in [-0.39, 0.29) is 0 Å². The van der Waals surface area contributed by atoms with E-state index in [0.29, 0.717) is 18.0 Å². The van der Waals surface area contributed by atoms with Crippen molar-refractivity contribution in [3.63, 3.8) is 0 Å². The van der Waals surface area contributed by atoms with E-state index >= 15 is 0 Å². The first-order valence-corrected chi connectivity index (χ1v) is 7.77. The Kier molecular flexibility index (Phi) is 6.18. The molecule has 122 valence electrons. The SMILES string of the molecule is COc1ccc(C(C)CCNCc2cccc(C(=O)O)c2)cc1. The topological polar surface area (TPSA) is 58.6 Å². The lowest BCUT2D eigenvalue weighted by Gasteiger charge is -2.13. The number of ether oxygens (including phenoxy) is 1. The average molecular weight is 313 g/mol. The van der Waals surface area contributed by atoms with Crippen LogP contribution in [0.2, 0.25) is 0 Å². The van der Waals surface area contributed by atoms with Crippen molar-refractivity contribution in [1.82, 2.24) is 5.32 Å². The Labute approximate surface area is 137 Å². The molecule has 0 saturated carbocycles. The van der Waals surface area contributed by atoms with E-state index in [0.717, 1.165) is 24.3 Å². The molecule has 0 aliphatic rings. The highest BCUT2D eigenvalue weighted by atomic mass is 16.5. The van der Waals surface area contributed by atoms with Gasteiger partial charge < -0.3 is 15.2 Å². The van der Waals surface area contributed by atoms with Gasteiger partial charge in [0.25, 0.3) is 0 Å². The maximum atomic E-state index is 10.9. The van der Waals surface area contributed by atoms with Crippen LogP contribution in [0.4, 0.5) is 0 Å². The molecule has 4 nitrogen and oxygen atoms in total. The van der Waals surface area contributed by atoms with Crippen LogP contribution in [0.15, 0.2) is 48.5 Å². The molecule has 0 spiro atoms. The lowest BCUT2D eigenvalue weighted by molar-refractivity contribution is 0.0696. The van der Waals surface area contributed by atoms with Gasteiger partial charge in [0.15, 0.2) is 0 Å². The number of benzene rings is 2. The Morgan fingerprint density at radius 2 is 1.96 bits per heavy atom. The van der Waals surface area contributed by atoms with Gasteiger partial charge in [0.05, 0.1) is 12.7 Å². The van der Waals surface area contributed by atoms with Crippen molar-refractivity contribution in [3.05, 3.63) is 65.2 Å². The third-order valence-electron chi connectivity index (χ3n) is 3.94. The fourth-order valence-electron chi connectivity index (χ4n) is 2.46. The number of nitrogens with one attached hydrogen (secondary N) is 1. The molecule has 4 heteroatoms. The number of carbonyl (C=O) groups is 1. The summed E-state index contributed by atoms with van der Waals surface area (Å²) >= 11 is 0. The molecule has 2 N–H and O–H groups in total. The summed E-state index contributed by atoms with van der Waals surface area (Å²) in [6.45, 7) is 3.76. The molecule has 1 unspecified atom stereocenters. The van der Waals surface area contributed by atoms with E-state index in [1.54, 1.807) is 25.3 Å². The zero-order valence-corrected chi connectivity index (χ0v) is 13.6. The van der Waals surface area contributed by atoms with E-state index in [1.807, 2.05) is 18.2 Å². The molecule has 1 atom stereocenters. The van der Waals surface area contributed by atoms with Crippen LogP contribution in [-0.4, -0.2) is 24.7 Å². The summed E-state index contributed by atoms with van der Waals surface area (Å²) < 4.78 is 5.17. The maximum Gasteiger partial charge on any atom is 0.335 e. The van der Waals surface area contributed by atoms with Crippen molar-refractivity contribution in [2.75, 3.05) is 13.7 Å². The number of hydrogen-bond acceptors (Lipinski definition) is 3. The fourth-order valence-corrected chi connectivity index (χ4v) is 2.46. The van der Waals surface area contributed by atoms with Crippen LogP contribution in [0.3, 0.4) is 0 Å². The smallest absolute Gasteiger partial charge is 0.335 e. The highest BCUT2D eigenvalue weighted by Crippen LogP contribution is 2.21. The Hall–Kier alpha value is -2.33. The first-order valence-electron chi connectivity index (χ1n) is 7.77. The predicted octanol–water partition coefficient (Wildman–Crippen LogP) is 3.68. The molecule has 0 fully saturated rings. The molecule has 2 aromatic rings. The Bertz CT molecular complexity index is 637. The molecule has 23 heavy (non-hydrogen) atoms. The second-order valence-corrected chi connectivity index (χ2v) is 5.65. The van der Waals surface area contributed by atoms with Gasteiger partial charge in [-0.25, -0.2) is 4.79 Å². The zero-order valence-electron chi connectivity index (χ0n) is 13.6. The van der Waals surface area contributed by atoms with E-state index in [9.17, 15) is 4.79 Å². The van der Waals surface area contributed by atoms with Gasteiger partial charge in [-0.1, -0.05) is 31.2 Å². The maximum absolute atomic E-state index is 10.9. The van der Waals surface area contributed by atoms with Crippen molar-refractivity contribution in [3.8, 4) is 5.75 Å². The molecule has 2 aromatic carbocycles. The van der Waals surface area contributed by atoms with Crippen LogP contribution in [0.1, 0.15) is 40.7 Å². The summed E-state index contributed by atoms with van der Waals surface area (Å²) in [6.07, 6.45) is 1.02. The molecular weight excluding hydrogens is 290 g/mol. The van der Waals surface area contributed by atoms with Gasteiger partial charge in [-0.2, -0.15) is 0 Å². The third kappa shape index (κ3) is 5.11. The monoisotopic (exact) mass is 313 g/mol. The number of aromatic carboxylic acids is 1. The second-order valence-electron chi connectivity index (χ2n) is 5.65. The number of methoxy groups -OCH3 is 1. The van der Waals surface area contributed by atoms with Crippen LogP contribution in [0.5, 0.6) is 5.75 Å². The molecule has 0 aliphatic heterocycles. The summed E-state index contributed by atoms with van der Waals surface area (Å²) in [7, 11) is 1.67. The summed E-state index contributed by atoms with van der Waals surface area (Å²) in [5.41, 5.74) is 2.61. The summed E-state index contributed by atoms with van der Waals surface area (Å²) in [5, 5.41) is 12.4. The van der Waals surface area contributed by atoms with Crippen LogP contribution in [0, 0.1) is 0 Å². The molecule has 0 amide bonds. The summed E-state index contributed by atoms with van der Waals surface area (Å²) in [4.78, 5) is 10.9. The Balaban J connectivity index is 1.78. The number of carboxylic acids is 1. The first kappa shape index (κ1) is 17.0. The molecule has 0 bridgehead atoms. The lowest BCUT2D eigenvalue weighted by Crippen LogP contribution is -2.16. The van der Waals surface area contributed by atoms with Crippen molar-refractivity contribution >= 4 is 5.97 Å². The molecule has 0 aromatic heterocycles. The van der Waals surface area contributed by atoms with Gasteiger partial charge >= 0.3 is 5.97 Å². The Morgan fingerprint density at radius 1 is 1.22 bits per heavy atom. The van der Waals surface area contributed by atoms with Crippen molar-refractivity contribution in [2.45, 2.75) is 25.8 Å². The first-order chi connectivity index (χ1) is 11.1. The minimum absolute atomic E-state index is 0.330. The predicted molar refractivity (Wildman–Crippen MR) is 91.1 cm³/mol. The van der Waals surface area contributed by atoms with E-state index in [1.165, 1.54) is 5.56 Å².